The normalized spacial score (nSPS) is 14.5. The number of rotatable bonds is 8. The van der Waals surface area contributed by atoms with Crippen LogP contribution in [0.4, 0.5) is 10.5 Å². The number of hydrogen-bond donors (Lipinski definition) is 1. The number of anilines is 1. The number of carbonyl (C=O) groups is 3. The second kappa shape index (κ2) is 10.7. The second-order valence-electron chi connectivity index (χ2n) is 7.22. The van der Waals surface area contributed by atoms with Crippen molar-refractivity contribution in [1.29, 1.82) is 0 Å². The number of halogens is 1. The Morgan fingerprint density at radius 3 is 2.58 bits per heavy atom. The third-order valence-electron chi connectivity index (χ3n) is 4.82. The third-order valence-corrected chi connectivity index (χ3v) is 6.31. The van der Waals surface area contributed by atoms with Gasteiger partial charge in [0.2, 0.25) is 5.91 Å². The van der Waals surface area contributed by atoms with Crippen molar-refractivity contribution in [2.45, 2.75) is 13.8 Å². The zero-order valence-corrected chi connectivity index (χ0v) is 20.8. The molecule has 172 valence electrons. The number of methoxy groups -OCH3 is 1. The summed E-state index contributed by atoms with van der Waals surface area (Å²) < 4.78 is 11.6. The van der Waals surface area contributed by atoms with E-state index in [2.05, 4.69) is 27.8 Å². The van der Waals surface area contributed by atoms with Crippen molar-refractivity contribution in [2.75, 3.05) is 25.6 Å². The Kier molecular flexibility index (Phi) is 7.99. The number of nitrogens with one attached hydrogen (secondary N) is 1. The van der Waals surface area contributed by atoms with E-state index in [1.54, 1.807) is 24.3 Å². The summed E-state index contributed by atoms with van der Waals surface area (Å²) in [6, 6.07) is 9.11. The molecule has 1 fully saturated rings. The first-order valence-corrected chi connectivity index (χ1v) is 11.6. The van der Waals surface area contributed by atoms with Crippen molar-refractivity contribution < 1.29 is 23.9 Å². The van der Waals surface area contributed by atoms with Gasteiger partial charge in [-0.15, -0.1) is 0 Å². The van der Waals surface area contributed by atoms with E-state index in [-0.39, 0.29) is 11.4 Å². The molecule has 1 aliphatic heterocycles. The molecule has 33 heavy (non-hydrogen) atoms. The van der Waals surface area contributed by atoms with E-state index in [1.807, 2.05) is 32.0 Å². The summed E-state index contributed by atoms with van der Waals surface area (Å²) in [6.45, 7) is 7.33. The molecule has 2 aromatic carbocycles. The van der Waals surface area contributed by atoms with Crippen molar-refractivity contribution in [3.8, 4) is 11.5 Å². The fourth-order valence-corrected chi connectivity index (χ4v) is 4.64. The van der Waals surface area contributed by atoms with E-state index in [1.165, 1.54) is 7.11 Å². The van der Waals surface area contributed by atoms with Crippen molar-refractivity contribution >= 4 is 56.5 Å². The number of thioether (sulfide) groups is 1. The zero-order chi connectivity index (χ0) is 24.1. The highest BCUT2D eigenvalue weighted by Crippen LogP contribution is 2.39. The minimum atomic E-state index is -0.524. The molecule has 0 atom stereocenters. The lowest BCUT2D eigenvalue weighted by Gasteiger charge is -2.15. The molecule has 0 radical (unpaired) electrons. The van der Waals surface area contributed by atoms with Gasteiger partial charge < -0.3 is 14.8 Å². The molecule has 0 aliphatic carbocycles. The smallest absolute Gasteiger partial charge is 0.294 e. The van der Waals surface area contributed by atoms with Crippen LogP contribution in [0.25, 0.3) is 6.08 Å². The van der Waals surface area contributed by atoms with Gasteiger partial charge in [0, 0.05) is 5.69 Å². The van der Waals surface area contributed by atoms with Crippen LogP contribution in [-0.2, 0) is 9.59 Å². The summed E-state index contributed by atoms with van der Waals surface area (Å²) >= 11 is 4.23. The molecule has 0 aromatic heterocycles. The van der Waals surface area contributed by atoms with E-state index in [0.717, 1.165) is 27.8 Å². The van der Waals surface area contributed by atoms with Gasteiger partial charge in [-0.05, 0) is 76.4 Å². The van der Waals surface area contributed by atoms with Gasteiger partial charge in [0.15, 0.2) is 11.5 Å². The van der Waals surface area contributed by atoms with Crippen LogP contribution >= 0.6 is 27.7 Å². The molecule has 0 spiro atoms. The summed E-state index contributed by atoms with van der Waals surface area (Å²) in [5.41, 5.74) is 3.12. The molecule has 2 aromatic rings. The average molecular weight is 531 g/mol. The maximum absolute atomic E-state index is 12.8. The summed E-state index contributed by atoms with van der Waals surface area (Å²) in [7, 11) is 1.51. The fourth-order valence-electron chi connectivity index (χ4n) is 3.23. The first-order chi connectivity index (χ1) is 15.7. The maximum atomic E-state index is 12.8. The number of amides is 3. The van der Waals surface area contributed by atoms with Gasteiger partial charge in [-0.1, -0.05) is 30.9 Å². The molecule has 1 N–H and O–H groups in total. The SMILES string of the molecule is C=CCOc1c(Br)cc(/C=C2/SC(=O)N(CC(=O)Nc3c(C)cccc3C)C2=O)cc1OC. The van der Waals surface area contributed by atoms with Gasteiger partial charge in [-0.3, -0.25) is 19.3 Å². The predicted octanol–water partition coefficient (Wildman–Crippen LogP) is 5.31. The fraction of sp³-hybridized carbons (Fsp3) is 0.208. The third kappa shape index (κ3) is 5.66. The van der Waals surface area contributed by atoms with Crippen LogP contribution < -0.4 is 14.8 Å². The van der Waals surface area contributed by atoms with E-state index in [0.29, 0.717) is 33.8 Å². The summed E-state index contributed by atoms with van der Waals surface area (Å²) in [4.78, 5) is 39.0. The molecule has 9 heteroatoms. The molecule has 3 amide bonds. The number of imide groups is 1. The highest BCUT2D eigenvalue weighted by atomic mass is 79.9. The van der Waals surface area contributed by atoms with Crippen molar-refractivity contribution in [1.82, 2.24) is 4.90 Å². The molecule has 7 nitrogen and oxygen atoms in total. The number of nitrogens with zero attached hydrogens (tertiary/aromatic N) is 1. The Morgan fingerprint density at radius 1 is 1.24 bits per heavy atom. The first kappa shape index (κ1) is 24.6. The second-order valence-corrected chi connectivity index (χ2v) is 9.06. The molecule has 1 saturated heterocycles. The van der Waals surface area contributed by atoms with E-state index >= 15 is 0 Å². The van der Waals surface area contributed by atoms with Gasteiger partial charge in [0.1, 0.15) is 13.2 Å². The lowest BCUT2D eigenvalue weighted by atomic mass is 10.1. The van der Waals surface area contributed by atoms with Crippen LogP contribution in [0, 0.1) is 13.8 Å². The van der Waals surface area contributed by atoms with Crippen molar-refractivity contribution in [2.24, 2.45) is 0 Å². The van der Waals surface area contributed by atoms with Crippen LogP contribution in [0.2, 0.25) is 0 Å². The number of carbonyl (C=O) groups excluding carboxylic acids is 3. The lowest BCUT2D eigenvalue weighted by molar-refractivity contribution is -0.127. The van der Waals surface area contributed by atoms with E-state index < -0.39 is 17.1 Å². The number of ether oxygens (including phenoxy) is 2. The Hall–Kier alpha value is -3.04. The molecule has 0 bridgehead atoms. The minimum Gasteiger partial charge on any atom is -0.493 e. The standard InChI is InChI=1S/C24H23BrN2O5S/c1-5-9-32-22-17(25)10-16(11-18(22)31-4)12-19-23(29)27(24(30)33-19)13-20(28)26-21-14(2)7-6-8-15(21)3/h5-8,10-12H,1,9,13H2,2-4H3,(H,26,28)/b19-12+. The molecule has 0 unspecified atom stereocenters. The van der Waals surface area contributed by atoms with Crippen LogP contribution in [0.5, 0.6) is 11.5 Å². The Morgan fingerprint density at radius 2 is 1.94 bits per heavy atom. The van der Waals surface area contributed by atoms with Gasteiger partial charge >= 0.3 is 0 Å². The van der Waals surface area contributed by atoms with Gasteiger partial charge in [-0.25, -0.2) is 0 Å². The quantitative estimate of drug-likeness (QED) is 0.367. The van der Waals surface area contributed by atoms with Crippen molar-refractivity contribution in [3.63, 3.8) is 0 Å². The summed E-state index contributed by atoms with van der Waals surface area (Å²) in [5, 5.41) is 2.30. The zero-order valence-electron chi connectivity index (χ0n) is 18.4. The van der Waals surface area contributed by atoms with Crippen LogP contribution in [0.3, 0.4) is 0 Å². The molecule has 1 heterocycles. The lowest BCUT2D eigenvalue weighted by Crippen LogP contribution is -2.36. The first-order valence-electron chi connectivity index (χ1n) is 9.97. The Balaban J connectivity index is 1.77. The number of hydrogen-bond acceptors (Lipinski definition) is 6. The average Bonchev–Trinajstić information content (AvgIpc) is 3.02. The number of benzene rings is 2. The largest absolute Gasteiger partial charge is 0.493 e. The van der Waals surface area contributed by atoms with E-state index in [4.69, 9.17) is 9.47 Å². The van der Waals surface area contributed by atoms with Crippen LogP contribution in [0.1, 0.15) is 16.7 Å². The monoisotopic (exact) mass is 530 g/mol. The van der Waals surface area contributed by atoms with E-state index in [9.17, 15) is 14.4 Å². The maximum Gasteiger partial charge on any atom is 0.294 e. The van der Waals surface area contributed by atoms with Crippen LogP contribution in [-0.4, -0.2) is 42.2 Å². The van der Waals surface area contributed by atoms with Gasteiger partial charge in [0.25, 0.3) is 11.1 Å². The van der Waals surface area contributed by atoms with Crippen LogP contribution in [0.15, 0.2) is 52.4 Å². The molecular weight excluding hydrogens is 508 g/mol. The molecule has 0 saturated carbocycles. The summed E-state index contributed by atoms with van der Waals surface area (Å²) in [6.07, 6.45) is 3.20. The highest BCUT2D eigenvalue weighted by Gasteiger charge is 2.36. The molecule has 3 rings (SSSR count). The Labute approximate surface area is 204 Å². The molecular formula is C24H23BrN2O5S. The number of aryl methyl sites for hydroxylation is 2. The minimum absolute atomic E-state index is 0.216. The molecule has 1 aliphatic rings. The Bertz CT molecular complexity index is 1140. The highest BCUT2D eigenvalue weighted by molar-refractivity contribution is 9.10. The van der Waals surface area contributed by atoms with Gasteiger partial charge in [0.05, 0.1) is 16.5 Å². The number of para-hydroxylation sites is 1. The summed E-state index contributed by atoms with van der Waals surface area (Å²) in [5.74, 6) is 0.00307. The topological polar surface area (TPSA) is 84.9 Å². The van der Waals surface area contributed by atoms with Crippen molar-refractivity contribution in [3.05, 3.63) is 69.1 Å². The van der Waals surface area contributed by atoms with Gasteiger partial charge in [-0.2, -0.15) is 0 Å². The predicted molar refractivity (Wildman–Crippen MR) is 134 cm³/mol.